The molecule has 1 aromatic carbocycles. The smallest absolute Gasteiger partial charge is 0.311 e. The van der Waals surface area contributed by atoms with Crippen molar-refractivity contribution in [3.05, 3.63) is 35.1 Å². The first-order valence-electron chi connectivity index (χ1n) is 5.18. The molecule has 1 aliphatic carbocycles. The summed E-state index contributed by atoms with van der Waals surface area (Å²) in [4.78, 5) is 11.4. The van der Waals surface area contributed by atoms with E-state index in [1.807, 2.05) is 0 Å². The molecule has 0 saturated heterocycles. The predicted octanol–water partition coefficient (Wildman–Crippen LogP) is 1.59. The van der Waals surface area contributed by atoms with Crippen LogP contribution in [0.5, 0.6) is 0 Å². The van der Waals surface area contributed by atoms with E-state index < -0.39 is 18.0 Å². The third kappa shape index (κ3) is 1.69. The summed E-state index contributed by atoms with van der Waals surface area (Å²) < 4.78 is 18.0. The first-order valence-corrected chi connectivity index (χ1v) is 5.18. The Kier molecular flexibility index (Phi) is 2.92. The van der Waals surface area contributed by atoms with Crippen molar-refractivity contribution in [2.75, 3.05) is 7.11 Å². The Morgan fingerprint density at radius 1 is 1.56 bits per heavy atom. The normalized spacial score (nSPS) is 23.7. The van der Waals surface area contributed by atoms with Gasteiger partial charge in [-0.3, -0.25) is 4.79 Å². The quantitative estimate of drug-likeness (QED) is 0.737. The molecular weight excluding hydrogens is 211 g/mol. The number of halogens is 1. The number of methoxy groups -OCH3 is 1. The maximum Gasteiger partial charge on any atom is 0.311 e. The molecule has 1 aromatic rings. The number of carbonyl (C=O) groups excluding carboxylic acids is 1. The minimum absolute atomic E-state index is 0.320. The Hall–Kier alpha value is -1.42. The average molecular weight is 224 g/mol. The molecule has 2 atom stereocenters. The lowest BCUT2D eigenvalue weighted by Gasteiger charge is -2.28. The van der Waals surface area contributed by atoms with Gasteiger partial charge in [-0.2, -0.15) is 0 Å². The topological polar surface area (TPSA) is 46.5 Å². The van der Waals surface area contributed by atoms with Gasteiger partial charge in [-0.1, -0.05) is 12.1 Å². The highest BCUT2D eigenvalue weighted by Gasteiger charge is 2.34. The van der Waals surface area contributed by atoms with Crippen LogP contribution < -0.4 is 0 Å². The van der Waals surface area contributed by atoms with E-state index in [9.17, 15) is 14.3 Å². The standard InChI is InChI=1S/C12H13FO3/c1-16-12(15)9-6-5-7-8(11(9)14)3-2-4-10(7)13/h2-4,9,11,14H,5-6H2,1H3. The maximum atomic E-state index is 13.4. The molecule has 0 aliphatic heterocycles. The lowest BCUT2D eigenvalue weighted by atomic mass is 9.81. The van der Waals surface area contributed by atoms with E-state index in [0.29, 0.717) is 24.0 Å². The SMILES string of the molecule is COC(=O)C1CCc2c(F)cccc2C1O. The number of aliphatic hydroxyl groups is 1. The van der Waals surface area contributed by atoms with Gasteiger partial charge in [0.15, 0.2) is 0 Å². The Balaban J connectivity index is 2.36. The lowest BCUT2D eigenvalue weighted by molar-refractivity contribution is -0.150. The zero-order valence-electron chi connectivity index (χ0n) is 8.94. The number of rotatable bonds is 1. The highest BCUT2D eigenvalue weighted by atomic mass is 19.1. The fourth-order valence-corrected chi connectivity index (χ4v) is 2.19. The molecule has 0 radical (unpaired) electrons. The van der Waals surface area contributed by atoms with Crippen LogP contribution in [-0.4, -0.2) is 18.2 Å². The van der Waals surface area contributed by atoms with Gasteiger partial charge in [0.25, 0.3) is 0 Å². The summed E-state index contributed by atoms with van der Waals surface area (Å²) in [6, 6.07) is 4.55. The van der Waals surface area contributed by atoms with Gasteiger partial charge in [-0.05, 0) is 30.0 Å². The van der Waals surface area contributed by atoms with Gasteiger partial charge in [-0.15, -0.1) is 0 Å². The van der Waals surface area contributed by atoms with Crippen molar-refractivity contribution in [2.45, 2.75) is 18.9 Å². The number of hydrogen-bond acceptors (Lipinski definition) is 3. The molecule has 0 spiro atoms. The predicted molar refractivity (Wildman–Crippen MR) is 55.2 cm³/mol. The van der Waals surface area contributed by atoms with Gasteiger partial charge < -0.3 is 9.84 Å². The summed E-state index contributed by atoms with van der Waals surface area (Å²) in [5.41, 5.74) is 1.01. The molecule has 4 heteroatoms. The third-order valence-electron chi connectivity index (χ3n) is 3.06. The lowest BCUT2D eigenvalue weighted by Crippen LogP contribution is -2.28. The van der Waals surface area contributed by atoms with Crippen LogP contribution in [0.3, 0.4) is 0 Å². The summed E-state index contributed by atoms with van der Waals surface area (Å²) in [7, 11) is 1.29. The number of aliphatic hydroxyl groups excluding tert-OH is 1. The summed E-state index contributed by atoms with van der Waals surface area (Å²) in [5.74, 6) is -1.35. The minimum Gasteiger partial charge on any atom is -0.469 e. The second-order valence-electron chi connectivity index (χ2n) is 3.92. The van der Waals surface area contributed by atoms with Crippen molar-refractivity contribution in [2.24, 2.45) is 5.92 Å². The van der Waals surface area contributed by atoms with Crippen LogP contribution in [0.4, 0.5) is 4.39 Å². The molecule has 0 heterocycles. The second kappa shape index (κ2) is 4.22. The fraction of sp³-hybridized carbons (Fsp3) is 0.417. The van der Waals surface area contributed by atoms with E-state index in [1.54, 1.807) is 6.07 Å². The zero-order chi connectivity index (χ0) is 11.7. The molecule has 0 bridgehead atoms. The second-order valence-corrected chi connectivity index (χ2v) is 3.92. The first kappa shape index (κ1) is 11.1. The van der Waals surface area contributed by atoms with E-state index in [2.05, 4.69) is 4.74 Å². The Morgan fingerprint density at radius 2 is 2.31 bits per heavy atom. The molecule has 16 heavy (non-hydrogen) atoms. The van der Waals surface area contributed by atoms with Crippen LogP contribution in [0.25, 0.3) is 0 Å². The fourth-order valence-electron chi connectivity index (χ4n) is 2.19. The Bertz CT molecular complexity index is 417. The number of benzene rings is 1. The van der Waals surface area contributed by atoms with Crippen LogP contribution in [-0.2, 0) is 16.0 Å². The summed E-state index contributed by atoms with van der Waals surface area (Å²) in [6.45, 7) is 0. The van der Waals surface area contributed by atoms with Gasteiger partial charge in [0.05, 0.1) is 19.1 Å². The van der Waals surface area contributed by atoms with Crippen molar-refractivity contribution in [3.63, 3.8) is 0 Å². The average Bonchev–Trinajstić information content (AvgIpc) is 2.30. The summed E-state index contributed by atoms with van der Waals surface area (Å²) in [5, 5.41) is 9.98. The summed E-state index contributed by atoms with van der Waals surface area (Å²) >= 11 is 0. The van der Waals surface area contributed by atoms with Crippen molar-refractivity contribution in [1.82, 2.24) is 0 Å². The third-order valence-corrected chi connectivity index (χ3v) is 3.06. The summed E-state index contributed by atoms with van der Waals surface area (Å²) in [6.07, 6.45) is -0.0902. The van der Waals surface area contributed by atoms with Gasteiger partial charge in [0.1, 0.15) is 5.82 Å². The van der Waals surface area contributed by atoms with Crippen molar-refractivity contribution < 1.29 is 19.0 Å². The molecule has 1 N–H and O–H groups in total. The van der Waals surface area contributed by atoms with Crippen LogP contribution in [0.1, 0.15) is 23.7 Å². The number of ether oxygens (including phenoxy) is 1. The number of fused-ring (bicyclic) bond motifs is 1. The van der Waals surface area contributed by atoms with Crippen molar-refractivity contribution in [3.8, 4) is 0 Å². The van der Waals surface area contributed by atoms with E-state index in [1.165, 1.54) is 19.2 Å². The van der Waals surface area contributed by atoms with Gasteiger partial charge in [-0.25, -0.2) is 4.39 Å². The van der Waals surface area contributed by atoms with Gasteiger partial charge >= 0.3 is 5.97 Å². The van der Waals surface area contributed by atoms with Gasteiger partial charge in [0.2, 0.25) is 0 Å². The molecule has 2 rings (SSSR count). The zero-order valence-corrected chi connectivity index (χ0v) is 8.94. The van der Waals surface area contributed by atoms with E-state index in [0.717, 1.165) is 0 Å². The molecule has 3 nitrogen and oxygen atoms in total. The van der Waals surface area contributed by atoms with E-state index in [4.69, 9.17) is 0 Å². The number of esters is 1. The molecule has 86 valence electrons. The van der Waals surface area contributed by atoms with Crippen molar-refractivity contribution in [1.29, 1.82) is 0 Å². The first-order chi connectivity index (χ1) is 7.65. The van der Waals surface area contributed by atoms with Crippen LogP contribution in [0, 0.1) is 11.7 Å². The molecular formula is C12H13FO3. The van der Waals surface area contributed by atoms with Crippen LogP contribution in [0.2, 0.25) is 0 Å². The molecule has 0 aromatic heterocycles. The Morgan fingerprint density at radius 3 is 3.00 bits per heavy atom. The minimum atomic E-state index is -0.966. The van der Waals surface area contributed by atoms with Gasteiger partial charge in [0, 0.05) is 0 Å². The Labute approximate surface area is 92.9 Å². The molecule has 1 aliphatic rings. The largest absolute Gasteiger partial charge is 0.469 e. The monoisotopic (exact) mass is 224 g/mol. The molecule has 0 amide bonds. The van der Waals surface area contributed by atoms with E-state index in [-0.39, 0.29) is 5.82 Å². The highest BCUT2D eigenvalue weighted by Crippen LogP contribution is 2.35. The maximum absolute atomic E-state index is 13.4. The molecule has 0 fully saturated rings. The molecule has 0 saturated carbocycles. The number of carbonyl (C=O) groups is 1. The number of hydrogen-bond donors (Lipinski definition) is 1. The van der Waals surface area contributed by atoms with Crippen molar-refractivity contribution >= 4 is 5.97 Å². The van der Waals surface area contributed by atoms with Crippen LogP contribution >= 0.6 is 0 Å². The highest BCUT2D eigenvalue weighted by molar-refractivity contribution is 5.73. The van der Waals surface area contributed by atoms with E-state index >= 15 is 0 Å². The van der Waals surface area contributed by atoms with Crippen LogP contribution in [0.15, 0.2) is 18.2 Å². The molecule has 2 unspecified atom stereocenters.